The second kappa shape index (κ2) is 44.1. The maximum Gasteiger partial charge on any atom is 0.306 e. The Bertz CT molecular complexity index is 1120. The molecule has 3 unspecified atom stereocenters. The molecule has 326 valence electrons. The number of carbonyl (C=O) groups is 2. The number of ether oxygens (including phenoxy) is 1. The normalized spacial score (nSPS) is 14.1. The number of amides is 1. The van der Waals surface area contributed by atoms with Crippen LogP contribution in [-0.4, -0.2) is 46.9 Å². The van der Waals surface area contributed by atoms with Gasteiger partial charge in [0.05, 0.1) is 25.2 Å². The minimum Gasteiger partial charge on any atom is -0.462 e. The molecule has 0 fully saturated rings. The number of unbranched alkanes of at least 4 members (excludes halogenated alkanes) is 19. The zero-order valence-corrected chi connectivity index (χ0v) is 36.9. The first-order chi connectivity index (χ1) is 28.0. The first-order valence-corrected chi connectivity index (χ1v) is 23.4. The summed E-state index contributed by atoms with van der Waals surface area (Å²) in [5.41, 5.74) is 0. The van der Waals surface area contributed by atoms with Crippen LogP contribution in [0.5, 0.6) is 0 Å². The molecule has 0 aromatic heterocycles. The number of rotatable bonds is 40. The molecule has 0 saturated carbocycles. The Labute approximate surface area is 351 Å². The molecule has 6 heteroatoms. The standard InChI is InChI=1S/C51H87NO5/c1-4-7-10-13-16-19-22-23-24-25-26-27-29-32-35-38-41-44-51(56)57-47(42-39-36-33-30-28-20-17-14-11-8-5-2)45-50(55)52-48(46-53)49(54)43-40-37-34-31-21-18-15-12-9-6-3/h7,10,13,16,19,22-27,29-30,33,47-49,53-54H,4-6,8-9,11-12,14-15,17-18,20-21,28,31-32,34-46H2,1-3H3,(H,52,55)/b10-7-,16-13+,22-19+,24-23-,26-25+,29-27+,33-30-. The molecule has 3 atom stereocenters. The van der Waals surface area contributed by atoms with Gasteiger partial charge in [0.25, 0.3) is 0 Å². The Kier molecular flexibility index (Phi) is 41.9. The molecule has 0 aromatic rings. The molecule has 0 rings (SSSR count). The summed E-state index contributed by atoms with van der Waals surface area (Å²) in [6.07, 6.45) is 56.4. The van der Waals surface area contributed by atoms with Gasteiger partial charge in [-0.25, -0.2) is 0 Å². The van der Waals surface area contributed by atoms with Crippen LogP contribution in [0.3, 0.4) is 0 Å². The number of allylic oxidation sites excluding steroid dienone is 14. The predicted molar refractivity (Wildman–Crippen MR) is 245 cm³/mol. The number of aliphatic hydroxyl groups excluding tert-OH is 2. The van der Waals surface area contributed by atoms with Crippen LogP contribution in [0.2, 0.25) is 0 Å². The highest BCUT2D eigenvalue weighted by atomic mass is 16.5. The zero-order valence-electron chi connectivity index (χ0n) is 36.9. The minimum absolute atomic E-state index is 0.0339. The first-order valence-electron chi connectivity index (χ1n) is 23.4. The monoisotopic (exact) mass is 794 g/mol. The van der Waals surface area contributed by atoms with Crippen LogP contribution < -0.4 is 5.32 Å². The lowest BCUT2D eigenvalue weighted by Crippen LogP contribution is -2.46. The lowest BCUT2D eigenvalue weighted by molar-refractivity contribution is -0.151. The van der Waals surface area contributed by atoms with E-state index in [0.717, 1.165) is 70.6 Å². The van der Waals surface area contributed by atoms with Crippen molar-refractivity contribution in [3.05, 3.63) is 85.1 Å². The number of esters is 1. The van der Waals surface area contributed by atoms with Crippen LogP contribution in [-0.2, 0) is 14.3 Å². The Hall–Kier alpha value is -2.96. The molecule has 57 heavy (non-hydrogen) atoms. The van der Waals surface area contributed by atoms with Crippen LogP contribution in [0.1, 0.15) is 201 Å². The predicted octanol–water partition coefficient (Wildman–Crippen LogP) is 13.6. The van der Waals surface area contributed by atoms with Gasteiger partial charge < -0.3 is 20.3 Å². The van der Waals surface area contributed by atoms with Gasteiger partial charge in [-0.15, -0.1) is 0 Å². The van der Waals surface area contributed by atoms with Crippen LogP contribution >= 0.6 is 0 Å². The van der Waals surface area contributed by atoms with Crippen molar-refractivity contribution in [2.45, 2.75) is 219 Å². The van der Waals surface area contributed by atoms with E-state index < -0.39 is 18.2 Å². The summed E-state index contributed by atoms with van der Waals surface area (Å²) in [6.45, 7) is 6.27. The average molecular weight is 794 g/mol. The van der Waals surface area contributed by atoms with Gasteiger partial charge in [0.15, 0.2) is 0 Å². The summed E-state index contributed by atoms with van der Waals surface area (Å²) >= 11 is 0. The summed E-state index contributed by atoms with van der Waals surface area (Å²) in [5, 5.41) is 23.6. The molecule has 3 N–H and O–H groups in total. The topological polar surface area (TPSA) is 95.9 Å². The highest BCUT2D eigenvalue weighted by Gasteiger charge is 2.24. The van der Waals surface area contributed by atoms with E-state index in [-0.39, 0.29) is 24.9 Å². The third kappa shape index (κ3) is 39.6. The molecule has 0 bridgehead atoms. The van der Waals surface area contributed by atoms with Gasteiger partial charge in [0.1, 0.15) is 6.10 Å². The van der Waals surface area contributed by atoms with E-state index in [0.29, 0.717) is 19.3 Å². The molecular weight excluding hydrogens is 707 g/mol. The van der Waals surface area contributed by atoms with Crippen molar-refractivity contribution in [3.63, 3.8) is 0 Å². The molecule has 0 heterocycles. The third-order valence-corrected chi connectivity index (χ3v) is 10.1. The zero-order chi connectivity index (χ0) is 41.7. The van der Waals surface area contributed by atoms with Gasteiger partial charge in [-0.2, -0.15) is 0 Å². The number of nitrogens with one attached hydrogen (secondary N) is 1. The van der Waals surface area contributed by atoms with E-state index in [4.69, 9.17) is 4.74 Å². The van der Waals surface area contributed by atoms with Crippen molar-refractivity contribution in [1.29, 1.82) is 0 Å². The van der Waals surface area contributed by atoms with Crippen molar-refractivity contribution in [1.82, 2.24) is 5.32 Å². The molecule has 0 spiro atoms. The molecule has 0 aromatic carbocycles. The maximum absolute atomic E-state index is 13.1. The molecule has 1 amide bonds. The van der Waals surface area contributed by atoms with Crippen LogP contribution in [0, 0.1) is 0 Å². The van der Waals surface area contributed by atoms with Gasteiger partial charge in [-0.1, -0.05) is 209 Å². The van der Waals surface area contributed by atoms with Crippen molar-refractivity contribution >= 4 is 11.9 Å². The van der Waals surface area contributed by atoms with Gasteiger partial charge >= 0.3 is 5.97 Å². The number of aliphatic hydroxyl groups is 2. The first kappa shape index (κ1) is 54.0. The fraction of sp³-hybridized carbons (Fsp3) is 0.686. The number of hydrogen-bond acceptors (Lipinski definition) is 5. The van der Waals surface area contributed by atoms with E-state index in [2.05, 4.69) is 56.5 Å². The SMILES string of the molecule is CC\C=C/C=C/C=C/C=C\C=C\C=C\CCCCCC(=O)OC(CCC/C=C\CCCCCCCC)CC(=O)NC(CO)C(O)CCCCCCCCCCCC. The molecule has 0 radical (unpaired) electrons. The molecule has 6 nitrogen and oxygen atoms in total. The lowest BCUT2D eigenvalue weighted by atomic mass is 10.0. The van der Waals surface area contributed by atoms with Crippen LogP contribution in [0.25, 0.3) is 0 Å². The van der Waals surface area contributed by atoms with E-state index in [1.54, 1.807) is 0 Å². The van der Waals surface area contributed by atoms with Crippen molar-refractivity contribution in [3.8, 4) is 0 Å². The Morgan fingerprint density at radius 2 is 0.982 bits per heavy atom. The van der Waals surface area contributed by atoms with Gasteiger partial charge in [0.2, 0.25) is 5.91 Å². The maximum atomic E-state index is 13.1. The fourth-order valence-electron chi connectivity index (χ4n) is 6.58. The molecule has 0 aliphatic heterocycles. The molecule has 0 saturated heterocycles. The van der Waals surface area contributed by atoms with Crippen molar-refractivity contribution in [2.75, 3.05) is 6.61 Å². The Morgan fingerprint density at radius 1 is 0.526 bits per heavy atom. The fourth-order valence-corrected chi connectivity index (χ4v) is 6.58. The van der Waals surface area contributed by atoms with Gasteiger partial charge in [-0.3, -0.25) is 9.59 Å². The molecule has 0 aliphatic carbocycles. The summed E-state index contributed by atoms with van der Waals surface area (Å²) in [7, 11) is 0. The Balaban J connectivity index is 4.72. The van der Waals surface area contributed by atoms with E-state index >= 15 is 0 Å². The molecule has 0 aliphatic rings. The highest BCUT2D eigenvalue weighted by Crippen LogP contribution is 2.16. The van der Waals surface area contributed by atoms with Crippen LogP contribution in [0.15, 0.2) is 85.1 Å². The summed E-state index contributed by atoms with van der Waals surface area (Å²) < 4.78 is 5.87. The quantitative estimate of drug-likeness (QED) is 0.0248. The smallest absolute Gasteiger partial charge is 0.306 e. The summed E-state index contributed by atoms with van der Waals surface area (Å²) in [4.78, 5) is 26.0. The lowest BCUT2D eigenvalue weighted by Gasteiger charge is -2.24. The Morgan fingerprint density at radius 3 is 1.53 bits per heavy atom. The van der Waals surface area contributed by atoms with E-state index in [1.165, 1.54) is 83.5 Å². The number of hydrogen-bond donors (Lipinski definition) is 3. The summed E-state index contributed by atoms with van der Waals surface area (Å²) in [5.74, 6) is -0.564. The third-order valence-electron chi connectivity index (χ3n) is 10.1. The highest BCUT2D eigenvalue weighted by molar-refractivity contribution is 5.77. The van der Waals surface area contributed by atoms with Crippen LogP contribution in [0.4, 0.5) is 0 Å². The second-order valence-corrected chi connectivity index (χ2v) is 15.6. The largest absolute Gasteiger partial charge is 0.462 e. The second-order valence-electron chi connectivity index (χ2n) is 15.6. The minimum atomic E-state index is -0.804. The van der Waals surface area contributed by atoms with E-state index in [9.17, 15) is 19.8 Å². The van der Waals surface area contributed by atoms with E-state index in [1.807, 2.05) is 54.7 Å². The number of carbonyl (C=O) groups excluding carboxylic acids is 2. The van der Waals surface area contributed by atoms with Crippen molar-refractivity contribution in [2.24, 2.45) is 0 Å². The molecular formula is C51H87NO5. The average Bonchev–Trinajstić information content (AvgIpc) is 3.20. The van der Waals surface area contributed by atoms with Gasteiger partial charge in [0, 0.05) is 6.42 Å². The van der Waals surface area contributed by atoms with Crippen molar-refractivity contribution < 1.29 is 24.5 Å². The van der Waals surface area contributed by atoms with Gasteiger partial charge in [-0.05, 0) is 64.2 Å². The summed E-state index contributed by atoms with van der Waals surface area (Å²) in [6, 6.07) is -0.721.